The van der Waals surface area contributed by atoms with E-state index in [1.165, 1.54) is 25.6 Å². The maximum absolute atomic E-state index is 13.3. The Balaban J connectivity index is 1.90. The van der Waals surface area contributed by atoms with Gasteiger partial charge in [0.25, 0.3) is 0 Å². The van der Waals surface area contributed by atoms with Crippen LogP contribution in [0.15, 0.2) is 29.7 Å². The molecule has 2 aromatic rings. The van der Waals surface area contributed by atoms with E-state index in [4.69, 9.17) is 18.9 Å². The van der Waals surface area contributed by atoms with Gasteiger partial charge >= 0.3 is 5.97 Å². The number of ether oxygens (including phenoxy) is 4. The van der Waals surface area contributed by atoms with Crippen LogP contribution in [0.2, 0.25) is 0 Å². The number of fused-ring (bicyclic) bond motifs is 1. The Kier molecular flexibility index (Phi) is 8.57. The monoisotopic (exact) mass is 458 g/mol. The van der Waals surface area contributed by atoms with Crippen molar-refractivity contribution in [2.45, 2.75) is 58.4 Å². The molecule has 0 unspecified atom stereocenters. The zero-order valence-corrected chi connectivity index (χ0v) is 20.1. The van der Waals surface area contributed by atoms with Crippen LogP contribution in [0.1, 0.15) is 64.0 Å². The molecule has 9 nitrogen and oxygen atoms in total. The van der Waals surface area contributed by atoms with E-state index in [1.54, 1.807) is 32.1 Å². The molecule has 0 saturated heterocycles. The molecule has 1 aliphatic heterocycles. The Labute approximate surface area is 195 Å². The third-order valence-electron chi connectivity index (χ3n) is 5.77. The fourth-order valence-corrected chi connectivity index (χ4v) is 4.11. The number of anilines is 1. The Morgan fingerprint density at radius 2 is 1.76 bits per heavy atom. The first-order valence-electron chi connectivity index (χ1n) is 11.4. The summed E-state index contributed by atoms with van der Waals surface area (Å²) in [7, 11) is 4.66. The fraction of sp³-hybridized carbons (Fsp3) is 0.542. The molecule has 0 fully saturated rings. The lowest BCUT2D eigenvalue weighted by atomic mass is 9.94. The molecule has 0 radical (unpaired) electrons. The minimum atomic E-state index is -0.601. The standard InChI is InChI=1S/C24H34N4O5/c1-6-7-8-9-10-11-14-33-23(29)19-16(2)27-24-25-15-26-28(24)20(19)17-12-13-18(30-3)22(32-5)21(17)31-4/h12-13,15,20H,6-11,14H2,1-5H3,(H,25,26,27)/t20-/m1/s1. The Hall–Kier alpha value is -3.23. The molecule has 1 N–H and O–H groups in total. The van der Waals surface area contributed by atoms with Gasteiger partial charge in [0.1, 0.15) is 12.4 Å². The predicted octanol–water partition coefficient (Wildman–Crippen LogP) is 4.50. The quantitative estimate of drug-likeness (QED) is 0.367. The number of carbonyl (C=O) groups is 1. The average molecular weight is 459 g/mol. The lowest BCUT2D eigenvalue weighted by Gasteiger charge is -2.29. The summed E-state index contributed by atoms with van der Waals surface area (Å²) in [6.45, 7) is 4.40. The van der Waals surface area contributed by atoms with Gasteiger partial charge in [-0.2, -0.15) is 10.1 Å². The number of carbonyl (C=O) groups excluding carboxylic acids is 1. The van der Waals surface area contributed by atoms with Gasteiger partial charge < -0.3 is 24.3 Å². The van der Waals surface area contributed by atoms with Gasteiger partial charge in [0, 0.05) is 11.3 Å². The SMILES string of the molecule is CCCCCCCCOC(=O)C1=C(C)Nc2ncnn2[C@@H]1c1ccc(OC)c(OC)c1OC. The minimum absolute atomic E-state index is 0.377. The van der Waals surface area contributed by atoms with E-state index < -0.39 is 12.0 Å². The van der Waals surface area contributed by atoms with Gasteiger partial charge in [-0.05, 0) is 25.5 Å². The second-order valence-corrected chi connectivity index (χ2v) is 7.92. The number of aromatic nitrogens is 3. The average Bonchev–Trinajstić information content (AvgIpc) is 3.29. The van der Waals surface area contributed by atoms with Gasteiger partial charge in [-0.3, -0.25) is 0 Å². The molecule has 0 spiro atoms. The second-order valence-electron chi connectivity index (χ2n) is 7.92. The smallest absolute Gasteiger partial charge is 0.338 e. The molecule has 0 amide bonds. The van der Waals surface area contributed by atoms with Crippen LogP contribution in [-0.4, -0.2) is 48.7 Å². The summed E-state index contributed by atoms with van der Waals surface area (Å²) in [6, 6.07) is 3.02. The van der Waals surface area contributed by atoms with Crippen LogP contribution in [0.25, 0.3) is 0 Å². The van der Waals surface area contributed by atoms with E-state index in [0.29, 0.717) is 46.6 Å². The van der Waals surface area contributed by atoms with Crippen molar-refractivity contribution in [3.8, 4) is 17.2 Å². The number of nitrogens with zero attached hydrogens (tertiary/aromatic N) is 3. The second kappa shape index (κ2) is 11.6. The van der Waals surface area contributed by atoms with Gasteiger partial charge in [0.05, 0.1) is 33.5 Å². The van der Waals surface area contributed by atoms with Gasteiger partial charge in [0.15, 0.2) is 11.5 Å². The van der Waals surface area contributed by atoms with E-state index in [2.05, 4.69) is 22.3 Å². The zero-order valence-electron chi connectivity index (χ0n) is 20.1. The van der Waals surface area contributed by atoms with Crippen molar-refractivity contribution in [3.05, 3.63) is 35.3 Å². The van der Waals surface area contributed by atoms with Crippen LogP contribution >= 0.6 is 0 Å². The first-order valence-corrected chi connectivity index (χ1v) is 11.4. The lowest BCUT2D eigenvalue weighted by Crippen LogP contribution is -2.30. The highest BCUT2D eigenvalue weighted by atomic mass is 16.5. The molecule has 1 atom stereocenters. The Morgan fingerprint density at radius 3 is 2.45 bits per heavy atom. The van der Waals surface area contributed by atoms with Crippen molar-refractivity contribution in [1.82, 2.24) is 14.8 Å². The third-order valence-corrected chi connectivity index (χ3v) is 5.77. The highest BCUT2D eigenvalue weighted by Gasteiger charge is 2.37. The van der Waals surface area contributed by atoms with Crippen molar-refractivity contribution in [3.63, 3.8) is 0 Å². The highest BCUT2D eigenvalue weighted by molar-refractivity contribution is 5.92. The number of hydrogen-bond donors (Lipinski definition) is 1. The maximum atomic E-state index is 13.3. The third kappa shape index (κ3) is 5.23. The molecular weight excluding hydrogens is 424 g/mol. The number of rotatable bonds is 12. The summed E-state index contributed by atoms with van der Waals surface area (Å²) >= 11 is 0. The van der Waals surface area contributed by atoms with Crippen molar-refractivity contribution in [1.29, 1.82) is 0 Å². The van der Waals surface area contributed by atoms with E-state index >= 15 is 0 Å². The van der Waals surface area contributed by atoms with Gasteiger partial charge in [0.2, 0.25) is 11.7 Å². The van der Waals surface area contributed by atoms with Crippen LogP contribution in [0.3, 0.4) is 0 Å². The van der Waals surface area contributed by atoms with Gasteiger partial charge in [-0.15, -0.1) is 0 Å². The van der Waals surface area contributed by atoms with E-state index in [1.807, 2.05) is 13.0 Å². The molecule has 1 aromatic carbocycles. The molecule has 0 aliphatic carbocycles. The number of allylic oxidation sites excluding steroid dienone is 1. The summed E-state index contributed by atoms with van der Waals surface area (Å²) < 4.78 is 24.0. The van der Waals surface area contributed by atoms with Crippen molar-refractivity contribution >= 4 is 11.9 Å². The van der Waals surface area contributed by atoms with Crippen molar-refractivity contribution in [2.24, 2.45) is 0 Å². The van der Waals surface area contributed by atoms with Crippen LogP contribution in [0.4, 0.5) is 5.95 Å². The van der Waals surface area contributed by atoms with E-state index in [9.17, 15) is 4.79 Å². The number of nitrogens with one attached hydrogen (secondary N) is 1. The lowest BCUT2D eigenvalue weighted by molar-refractivity contribution is -0.139. The molecule has 3 rings (SSSR count). The molecule has 180 valence electrons. The molecule has 1 aromatic heterocycles. The topological polar surface area (TPSA) is 96.7 Å². The number of unbranched alkanes of at least 4 members (excludes halogenated alkanes) is 5. The number of benzene rings is 1. The van der Waals surface area contributed by atoms with Crippen LogP contribution in [0, 0.1) is 0 Å². The van der Waals surface area contributed by atoms with Crippen LogP contribution in [-0.2, 0) is 9.53 Å². The van der Waals surface area contributed by atoms with Crippen LogP contribution < -0.4 is 19.5 Å². The maximum Gasteiger partial charge on any atom is 0.338 e. The van der Waals surface area contributed by atoms with Crippen molar-refractivity contribution in [2.75, 3.05) is 33.3 Å². The molecule has 9 heteroatoms. The predicted molar refractivity (Wildman–Crippen MR) is 125 cm³/mol. The Bertz CT molecular complexity index is 985. The summed E-state index contributed by atoms with van der Waals surface area (Å²) in [5.41, 5.74) is 1.80. The van der Waals surface area contributed by atoms with Crippen LogP contribution in [0.5, 0.6) is 17.2 Å². The molecule has 0 saturated carbocycles. The Morgan fingerprint density at radius 1 is 1.03 bits per heavy atom. The molecule has 33 heavy (non-hydrogen) atoms. The molecule has 0 bridgehead atoms. The van der Waals surface area contributed by atoms with Gasteiger partial charge in [-0.1, -0.05) is 39.0 Å². The largest absolute Gasteiger partial charge is 0.493 e. The summed E-state index contributed by atoms with van der Waals surface area (Å²) in [6.07, 6.45) is 8.16. The molecule has 2 heterocycles. The number of methoxy groups -OCH3 is 3. The number of esters is 1. The number of hydrogen-bond acceptors (Lipinski definition) is 8. The summed E-state index contributed by atoms with van der Waals surface area (Å²) in [5, 5.41) is 7.52. The minimum Gasteiger partial charge on any atom is -0.493 e. The summed E-state index contributed by atoms with van der Waals surface area (Å²) in [4.78, 5) is 17.5. The highest BCUT2D eigenvalue weighted by Crippen LogP contribution is 2.46. The first kappa shape index (κ1) is 24.4. The first-order chi connectivity index (χ1) is 16.1. The normalized spacial score (nSPS) is 15.0. The van der Waals surface area contributed by atoms with Gasteiger partial charge in [-0.25, -0.2) is 9.48 Å². The van der Waals surface area contributed by atoms with E-state index in [-0.39, 0.29) is 0 Å². The summed E-state index contributed by atoms with van der Waals surface area (Å²) in [5.74, 6) is 1.56. The van der Waals surface area contributed by atoms with E-state index in [0.717, 1.165) is 19.3 Å². The van der Waals surface area contributed by atoms with Crippen molar-refractivity contribution < 1.29 is 23.7 Å². The molecular formula is C24H34N4O5. The molecule has 1 aliphatic rings. The fourth-order valence-electron chi connectivity index (χ4n) is 4.11. The zero-order chi connectivity index (χ0) is 23.8.